The molecule has 1 N–H and O–H groups in total. The van der Waals surface area contributed by atoms with Crippen molar-refractivity contribution in [1.82, 2.24) is 10.2 Å². The molecule has 1 aromatic rings. The van der Waals surface area contributed by atoms with E-state index in [1.807, 2.05) is 18.2 Å². The van der Waals surface area contributed by atoms with Crippen LogP contribution in [0.1, 0.15) is 45.6 Å². The van der Waals surface area contributed by atoms with Crippen LogP contribution in [0.3, 0.4) is 0 Å². The lowest BCUT2D eigenvalue weighted by Gasteiger charge is -2.39. The second kappa shape index (κ2) is 8.46. The predicted octanol–water partition coefficient (Wildman–Crippen LogP) is 2.79. The van der Waals surface area contributed by atoms with Gasteiger partial charge in [0.05, 0.1) is 12.2 Å². The number of amides is 1. The summed E-state index contributed by atoms with van der Waals surface area (Å²) < 4.78 is 5.76. The molecule has 4 atom stereocenters. The van der Waals surface area contributed by atoms with E-state index >= 15 is 0 Å². The molecule has 1 heterocycles. The molecular formula is C19H30N2O2. The molecule has 1 aromatic carbocycles. The highest BCUT2D eigenvalue weighted by atomic mass is 16.5. The molecular weight excluding hydrogens is 288 g/mol. The first kappa shape index (κ1) is 18.0. The number of rotatable bonds is 6. The molecule has 4 heteroatoms. The highest BCUT2D eigenvalue weighted by Crippen LogP contribution is 2.18. The van der Waals surface area contributed by atoms with Gasteiger partial charge in [0.2, 0.25) is 5.91 Å². The fourth-order valence-corrected chi connectivity index (χ4v) is 3.22. The maximum absolute atomic E-state index is 12.2. The van der Waals surface area contributed by atoms with E-state index in [-0.39, 0.29) is 24.0 Å². The van der Waals surface area contributed by atoms with Gasteiger partial charge >= 0.3 is 0 Å². The standard InChI is InChI=1S/C19H30N2O2/c1-14(18-8-6-5-7-9-18)10-19(22)20-11-15(2)21-12-16(3)23-17(4)13-21/h5-9,14-17H,10-13H2,1-4H3,(H,20,22). The highest BCUT2D eigenvalue weighted by Gasteiger charge is 2.25. The minimum atomic E-state index is 0.127. The summed E-state index contributed by atoms with van der Waals surface area (Å²) in [5, 5.41) is 3.09. The summed E-state index contributed by atoms with van der Waals surface area (Å²) in [6.07, 6.45) is 1.05. The molecule has 0 bridgehead atoms. The Labute approximate surface area is 140 Å². The van der Waals surface area contributed by atoms with E-state index in [4.69, 9.17) is 4.74 Å². The number of hydrogen-bond donors (Lipinski definition) is 1. The van der Waals surface area contributed by atoms with Crippen LogP contribution in [0.25, 0.3) is 0 Å². The Morgan fingerprint density at radius 2 is 1.83 bits per heavy atom. The van der Waals surface area contributed by atoms with Gasteiger partial charge in [0, 0.05) is 32.1 Å². The fraction of sp³-hybridized carbons (Fsp3) is 0.632. The summed E-state index contributed by atoms with van der Waals surface area (Å²) in [7, 11) is 0. The van der Waals surface area contributed by atoms with Gasteiger partial charge in [0.15, 0.2) is 0 Å². The average Bonchev–Trinajstić information content (AvgIpc) is 2.52. The van der Waals surface area contributed by atoms with Gasteiger partial charge in [-0.15, -0.1) is 0 Å². The van der Waals surface area contributed by atoms with Crippen LogP contribution in [0.5, 0.6) is 0 Å². The zero-order valence-electron chi connectivity index (χ0n) is 14.8. The highest BCUT2D eigenvalue weighted by molar-refractivity contribution is 5.76. The van der Waals surface area contributed by atoms with Gasteiger partial charge in [-0.2, -0.15) is 0 Å². The molecule has 4 unspecified atom stereocenters. The number of nitrogens with zero attached hydrogens (tertiary/aromatic N) is 1. The molecule has 1 amide bonds. The van der Waals surface area contributed by atoms with Gasteiger partial charge in [-0.05, 0) is 32.3 Å². The van der Waals surface area contributed by atoms with E-state index < -0.39 is 0 Å². The molecule has 1 aliphatic rings. The number of ether oxygens (including phenoxy) is 1. The van der Waals surface area contributed by atoms with Crippen molar-refractivity contribution in [2.24, 2.45) is 0 Å². The lowest BCUT2D eigenvalue weighted by atomic mass is 9.97. The maximum Gasteiger partial charge on any atom is 0.220 e. The zero-order valence-corrected chi connectivity index (χ0v) is 14.8. The lowest BCUT2D eigenvalue weighted by Crippen LogP contribution is -2.52. The molecule has 1 saturated heterocycles. The SMILES string of the molecule is CC1CN(C(C)CNC(=O)CC(C)c2ccccc2)CC(C)O1. The Bertz CT molecular complexity index is 481. The van der Waals surface area contributed by atoms with Crippen molar-refractivity contribution in [3.63, 3.8) is 0 Å². The molecule has 128 valence electrons. The molecule has 0 aromatic heterocycles. The van der Waals surface area contributed by atoms with Crippen molar-refractivity contribution >= 4 is 5.91 Å². The number of morpholine rings is 1. The molecule has 0 aliphatic carbocycles. The van der Waals surface area contributed by atoms with Gasteiger partial charge in [0.1, 0.15) is 0 Å². The third-order valence-electron chi connectivity index (χ3n) is 4.53. The largest absolute Gasteiger partial charge is 0.373 e. The van der Waals surface area contributed by atoms with Crippen LogP contribution in [-0.4, -0.2) is 48.7 Å². The van der Waals surface area contributed by atoms with Crippen LogP contribution < -0.4 is 5.32 Å². The minimum Gasteiger partial charge on any atom is -0.373 e. The average molecular weight is 318 g/mol. The third-order valence-corrected chi connectivity index (χ3v) is 4.53. The normalized spacial score (nSPS) is 24.9. The first-order valence-electron chi connectivity index (χ1n) is 8.67. The summed E-state index contributed by atoms with van der Waals surface area (Å²) in [5.74, 6) is 0.373. The monoisotopic (exact) mass is 318 g/mol. The Balaban J connectivity index is 1.75. The van der Waals surface area contributed by atoms with Crippen LogP contribution in [0.15, 0.2) is 30.3 Å². The molecule has 1 aliphatic heterocycles. The van der Waals surface area contributed by atoms with Gasteiger partial charge < -0.3 is 10.1 Å². The van der Waals surface area contributed by atoms with Crippen molar-refractivity contribution in [3.05, 3.63) is 35.9 Å². The van der Waals surface area contributed by atoms with E-state index in [1.54, 1.807) is 0 Å². The number of nitrogens with one attached hydrogen (secondary N) is 1. The molecule has 23 heavy (non-hydrogen) atoms. The van der Waals surface area contributed by atoms with E-state index in [9.17, 15) is 4.79 Å². The van der Waals surface area contributed by atoms with Crippen LogP contribution in [0.4, 0.5) is 0 Å². The Morgan fingerprint density at radius 1 is 1.22 bits per heavy atom. The number of carbonyl (C=O) groups excluding carboxylic acids is 1. The first-order chi connectivity index (χ1) is 11.0. The van der Waals surface area contributed by atoms with Gasteiger partial charge in [-0.25, -0.2) is 0 Å². The van der Waals surface area contributed by atoms with Gasteiger partial charge in [-0.1, -0.05) is 37.3 Å². The van der Waals surface area contributed by atoms with Crippen LogP contribution in [-0.2, 0) is 9.53 Å². The van der Waals surface area contributed by atoms with E-state index in [0.717, 1.165) is 13.1 Å². The second-order valence-corrected chi connectivity index (χ2v) is 6.88. The lowest BCUT2D eigenvalue weighted by molar-refractivity contribution is -0.122. The summed E-state index contributed by atoms with van der Waals surface area (Å²) in [6.45, 7) is 11.0. The minimum absolute atomic E-state index is 0.127. The number of hydrogen-bond acceptors (Lipinski definition) is 3. The predicted molar refractivity (Wildman–Crippen MR) is 93.5 cm³/mol. The molecule has 4 nitrogen and oxygen atoms in total. The number of carbonyl (C=O) groups is 1. The molecule has 0 spiro atoms. The summed E-state index contributed by atoms with van der Waals surface area (Å²) >= 11 is 0. The molecule has 2 rings (SSSR count). The van der Waals surface area contributed by atoms with Gasteiger partial charge in [0.25, 0.3) is 0 Å². The van der Waals surface area contributed by atoms with Crippen LogP contribution in [0, 0.1) is 0 Å². The second-order valence-electron chi connectivity index (χ2n) is 6.88. The Kier molecular flexibility index (Phi) is 6.60. The van der Waals surface area contributed by atoms with Crippen molar-refractivity contribution in [1.29, 1.82) is 0 Å². The first-order valence-corrected chi connectivity index (χ1v) is 8.67. The van der Waals surface area contributed by atoms with E-state index in [0.29, 0.717) is 19.0 Å². The molecule has 1 fully saturated rings. The van der Waals surface area contributed by atoms with Gasteiger partial charge in [-0.3, -0.25) is 9.69 Å². The van der Waals surface area contributed by atoms with E-state index in [2.05, 4.69) is 50.0 Å². The van der Waals surface area contributed by atoms with Crippen molar-refractivity contribution in [3.8, 4) is 0 Å². The number of benzene rings is 1. The summed E-state index contributed by atoms with van der Waals surface area (Å²) in [4.78, 5) is 14.6. The quantitative estimate of drug-likeness (QED) is 0.877. The molecule has 0 saturated carbocycles. The topological polar surface area (TPSA) is 41.6 Å². The van der Waals surface area contributed by atoms with E-state index in [1.165, 1.54) is 5.56 Å². The zero-order chi connectivity index (χ0) is 16.8. The van der Waals surface area contributed by atoms with Crippen LogP contribution in [0.2, 0.25) is 0 Å². The fourth-order valence-electron chi connectivity index (χ4n) is 3.22. The summed E-state index contributed by atoms with van der Waals surface area (Å²) in [6, 6.07) is 10.5. The third kappa shape index (κ3) is 5.63. The van der Waals surface area contributed by atoms with Crippen molar-refractivity contribution < 1.29 is 9.53 Å². The maximum atomic E-state index is 12.2. The Hall–Kier alpha value is -1.39. The summed E-state index contributed by atoms with van der Waals surface area (Å²) in [5.41, 5.74) is 1.21. The van der Waals surface area contributed by atoms with Crippen molar-refractivity contribution in [2.75, 3.05) is 19.6 Å². The smallest absolute Gasteiger partial charge is 0.220 e. The van der Waals surface area contributed by atoms with Crippen molar-refractivity contribution in [2.45, 2.75) is 58.3 Å². The Morgan fingerprint density at radius 3 is 2.43 bits per heavy atom. The van der Waals surface area contributed by atoms with Crippen LogP contribution >= 0.6 is 0 Å². The molecule has 0 radical (unpaired) electrons.